The van der Waals surface area contributed by atoms with Gasteiger partial charge in [-0.25, -0.2) is 9.59 Å². The molecule has 1 aliphatic carbocycles. The highest BCUT2D eigenvalue weighted by atomic mass is 19.4. The van der Waals surface area contributed by atoms with Gasteiger partial charge in [-0.05, 0) is 48.4 Å². The molecule has 0 radical (unpaired) electrons. The molecule has 1 unspecified atom stereocenters. The molecule has 186 valence electrons. The molecule has 10 heteroatoms. The van der Waals surface area contributed by atoms with Crippen LogP contribution in [0.2, 0.25) is 0 Å². The molecule has 2 aliphatic rings. The fraction of sp³-hybridized carbons (Fsp3) is 0.400. The molecule has 1 aliphatic heterocycles. The van der Waals surface area contributed by atoms with E-state index in [1.54, 1.807) is 5.32 Å². The van der Waals surface area contributed by atoms with E-state index in [1.807, 2.05) is 48.5 Å². The second-order valence-electron chi connectivity index (χ2n) is 8.92. The minimum absolute atomic E-state index is 0.0416. The van der Waals surface area contributed by atoms with Crippen molar-refractivity contribution in [1.29, 1.82) is 0 Å². The lowest BCUT2D eigenvalue weighted by molar-refractivity contribution is -0.203. The lowest BCUT2D eigenvalue weighted by Crippen LogP contribution is -2.68. The Labute approximate surface area is 199 Å². The largest absolute Gasteiger partial charge is 0.480 e. The summed E-state index contributed by atoms with van der Waals surface area (Å²) in [4.78, 5) is 37.8. The fourth-order valence-corrected chi connectivity index (χ4v) is 4.80. The van der Waals surface area contributed by atoms with Crippen molar-refractivity contribution in [2.45, 2.75) is 49.9 Å². The number of carboxylic acids is 1. The molecule has 2 N–H and O–H groups in total. The van der Waals surface area contributed by atoms with Gasteiger partial charge in [0.1, 0.15) is 12.6 Å². The summed E-state index contributed by atoms with van der Waals surface area (Å²) in [5, 5.41) is 11.1. The number of carbonyl (C=O) groups excluding carboxylic acids is 2. The van der Waals surface area contributed by atoms with Crippen LogP contribution in [0.3, 0.4) is 0 Å². The molecule has 1 fully saturated rings. The molecule has 2 atom stereocenters. The van der Waals surface area contributed by atoms with Gasteiger partial charge in [0, 0.05) is 12.5 Å². The Morgan fingerprint density at radius 2 is 1.60 bits per heavy atom. The average molecular weight is 490 g/mol. The Hall–Kier alpha value is -3.56. The van der Waals surface area contributed by atoms with Gasteiger partial charge in [0.15, 0.2) is 0 Å². The highest BCUT2D eigenvalue weighted by Gasteiger charge is 2.60. The van der Waals surface area contributed by atoms with E-state index in [-0.39, 0.29) is 25.5 Å². The summed E-state index contributed by atoms with van der Waals surface area (Å²) < 4.78 is 47.4. The maximum atomic E-state index is 14.1. The molecule has 4 rings (SSSR count). The monoisotopic (exact) mass is 490 g/mol. The quantitative estimate of drug-likeness (QED) is 0.651. The number of halogens is 3. The minimum Gasteiger partial charge on any atom is -0.480 e. The summed E-state index contributed by atoms with van der Waals surface area (Å²) >= 11 is 0. The van der Waals surface area contributed by atoms with Crippen LogP contribution < -0.4 is 5.32 Å². The van der Waals surface area contributed by atoms with Crippen molar-refractivity contribution in [3.8, 4) is 11.1 Å². The van der Waals surface area contributed by atoms with Gasteiger partial charge in [0.25, 0.3) is 5.91 Å². The Bertz CT molecular complexity index is 1110. The van der Waals surface area contributed by atoms with Gasteiger partial charge in [0.05, 0.1) is 0 Å². The normalized spacial score (nSPS) is 19.3. The standard InChI is InChI=1S/C25H25F3N2O5/c1-24(25(26,27)28,22(33)30-13-7-6-12-20(30)21(31)32)29-23(34)35-14-19-17-10-4-2-8-15(17)16-9-3-5-11-18(16)19/h2-5,8-11,19-20H,6-7,12-14H2,1H3,(H,29,34)(H,31,32)/t20-,24?/m0/s1. The third kappa shape index (κ3) is 4.44. The molecular formula is C25H25F3N2O5. The van der Waals surface area contributed by atoms with E-state index in [2.05, 4.69) is 0 Å². The molecule has 2 amide bonds. The first kappa shape index (κ1) is 24.6. The second kappa shape index (κ2) is 9.24. The number of nitrogens with zero attached hydrogens (tertiary/aromatic N) is 1. The zero-order valence-corrected chi connectivity index (χ0v) is 19.0. The van der Waals surface area contributed by atoms with Crippen molar-refractivity contribution in [2.75, 3.05) is 13.2 Å². The smallest absolute Gasteiger partial charge is 0.420 e. The maximum absolute atomic E-state index is 14.1. The molecule has 2 aromatic rings. The van der Waals surface area contributed by atoms with Crippen LogP contribution >= 0.6 is 0 Å². The third-order valence-corrected chi connectivity index (χ3v) is 6.74. The first-order valence-corrected chi connectivity index (χ1v) is 11.3. The van der Waals surface area contributed by atoms with Crippen molar-refractivity contribution >= 4 is 18.0 Å². The van der Waals surface area contributed by atoms with Crippen LogP contribution in [0, 0.1) is 0 Å². The van der Waals surface area contributed by atoms with Crippen LogP contribution in [0.1, 0.15) is 43.2 Å². The maximum Gasteiger partial charge on any atom is 0.420 e. The van der Waals surface area contributed by atoms with Gasteiger partial charge in [-0.2, -0.15) is 13.2 Å². The average Bonchev–Trinajstić information content (AvgIpc) is 3.15. The summed E-state index contributed by atoms with van der Waals surface area (Å²) in [6.07, 6.45) is -5.71. The number of ether oxygens (including phenoxy) is 1. The number of hydrogen-bond acceptors (Lipinski definition) is 4. The number of rotatable bonds is 5. The number of piperidine rings is 1. The zero-order valence-electron chi connectivity index (χ0n) is 19.0. The summed E-state index contributed by atoms with van der Waals surface area (Å²) in [5.41, 5.74) is 0.331. The van der Waals surface area contributed by atoms with E-state index in [4.69, 9.17) is 4.74 Å². The van der Waals surface area contributed by atoms with Gasteiger partial charge >= 0.3 is 18.2 Å². The first-order chi connectivity index (χ1) is 16.5. The van der Waals surface area contributed by atoms with Gasteiger partial charge in [0.2, 0.25) is 5.54 Å². The molecule has 0 aromatic heterocycles. The Kier molecular flexibility index (Phi) is 6.48. The van der Waals surface area contributed by atoms with Crippen molar-refractivity contribution in [3.05, 3.63) is 59.7 Å². The van der Waals surface area contributed by atoms with E-state index < -0.39 is 35.7 Å². The molecule has 2 aromatic carbocycles. The predicted molar refractivity (Wildman–Crippen MR) is 120 cm³/mol. The molecule has 0 saturated carbocycles. The first-order valence-electron chi connectivity index (χ1n) is 11.3. The van der Waals surface area contributed by atoms with Crippen LogP contribution in [-0.4, -0.2) is 58.9 Å². The van der Waals surface area contributed by atoms with E-state index >= 15 is 0 Å². The van der Waals surface area contributed by atoms with Crippen molar-refractivity contribution < 1.29 is 37.4 Å². The summed E-state index contributed by atoms with van der Waals surface area (Å²) in [5.74, 6) is -3.28. The van der Waals surface area contributed by atoms with E-state index in [9.17, 15) is 32.7 Å². The number of carbonyl (C=O) groups is 3. The number of likely N-dealkylation sites (tertiary alicyclic amines) is 1. The van der Waals surface area contributed by atoms with Crippen molar-refractivity contribution in [1.82, 2.24) is 10.2 Å². The number of alkyl carbamates (subject to hydrolysis) is 1. The molecule has 1 saturated heterocycles. The number of hydrogen-bond donors (Lipinski definition) is 2. The number of alkyl halides is 3. The number of amides is 2. The van der Waals surface area contributed by atoms with Crippen LogP contribution in [-0.2, 0) is 14.3 Å². The number of benzene rings is 2. The molecular weight excluding hydrogens is 465 g/mol. The van der Waals surface area contributed by atoms with Gasteiger partial charge in [-0.15, -0.1) is 0 Å². The number of fused-ring (bicyclic) bond motifs is 3. The van der Waals surface area contributed by atoms with Gasteiger partial charge < -0.3 is 14.7 Å². The zero-order chi connectivity index (χ0) is 25.4. The van der Waals surface area contributed by atoms with Crippen molar-refractivity contribution in [2.24, 2.45) is 0 Å². The fourth-order valence-electron chi connectivity index (χ4n) is 4.80. The lowest BCUT2D eigenvalue weighted by atomic mass is 9.94. The Balaban J connectivity index is 1.52. The number of nitrogens with one attached hydrogen (secondary N) is 1. The molecule has 0 bridgehead atoms. The van der Waals surface area contributed by atoms with Gasteiger partial charge in [-0.1, -0.05) is 48.5 Å². The summed E-state index contributed by atoms with van der Waals surface area (Å²) in [6, 6.07) is 13.6. The Morgan fingerprint density at radius 3 is 2.14 bits per heavy atom. The number of aliphatic carboxylic acids is 1. The van der Waals surface area contributed by atoms with Crippen LogP contribution in [0.4, 0.5) is 18.0 Å². The molecule has 1 heterocycles. The van der Waals surface area contributed by atoms with Crippen molar-refractivity contribution in [3.63, 3.8) is 0 Å². The Morgan fingerprint density at radius 1 is 1.03 bits per heavy atom. The lowest BCUT2D eigenvalue weighted by Gasteiger charge is -2.40. The van der Waals surface area contributed by atoms with E-state index in [0.717, 1.165) is 22.3 Å². The van der Waals surface area contributed by atoms with E-state index in [1.165, 1.54) is 0 Å². The summed E-state index contributed by atoms with van der Waals surface area (Å²) in [6.45, 7) is 0.154. The molecule has 0 spiro atoms. The predicted octanol–water partition coefficient (Wildman–Crippen LogP) is 4.31. The van der Waals surface area contributed by atoms with Crippen LogP contribution in [0.25, 0.3) is 11.1 Å². The third-order valence-electron chi connectivity index (χ3n) is 6.74. The highest BCUT2D eigenvalue weighted by Crippen LogP contribution is 2.44. The highest BCUT2D eigenvalue weighted by molar-refractivity contribution is 5.93. The topological polar surface area (TPSA) is 95.9 Å². The number of carboxylic acid groups (broad SMARTS) is 1. The second-order valence-corrected chi connectivity index (χ2v) is 8.92. The minimum atomic E-state index is -5.18. The SMILES string of the molecule is CC(NC(=O)OCC1c2ccccc2-c2ccccc21)(C(=O)N1CCCC[C@H]1C(=O)O)C(F)(F)F. The molecule has 35 heavy (non-hydrogen) atoms. The molecule has 7 nitrogen and oxygen atoms in total. The van der Waals surface area contributed by atoms with E-state index in [0.29, 0.717) is 24.7 Å². The summed E-state index contributed by atoms with van der Waals surface area (Å²) in [7, 11) is 0. The van der Waals surface area contributed by atoms with Crippen LogP contribution in [0.5, 0.6) is 0 Å². The van der Waals surface area contributed by atoms with Gasteiger partial charge in [-0.3, -0.25) is 10.1 Å². The van der Waals surface area contributed by atoms with Crippen LogP contribution in [0.15, 0.2) is 48.5 Å².